The number of nitrogens with zero attached hydrogens (tertiary/aromatic N) is 3. The molecule has 0 aliphatic heterocycles. The predicted octanol–water partition coefficient (Wildman–Crippen LogP) is 9.62. The Kier molecular flexibility index (Phi) is 9.63. The minimum absolute atomic E-state index is 0.734. The molecule has 4 heteroatoms. The van der Waals surface area contributed by atoms with Gasteiger partial charge in [-0.1, -0.05) is 63.4 Å². The van der Waals surface area contributed by atoms with Crippen molar-refractivity contribution >= 4 is 34.4 Å². The van der Waals surface area contributed by atoms with E-state index in [-0.39, 0.29) is 0 Å². The summed E-state index contributed by atoms with van der Waals surface area (Å²) in [6.07, 6.45) is 17.4. The van der Waals surface area contributed by atoms with Gasteiger partial charge in [-0.15, -0.1) is 0 Å². The van der Waals surface area contributed by atoms with Crippen LogP contribution in [0.15, 0.2) is 129 Å². The Bertz CT molecular complexity index is 1680. The van der Waals surface area contributed by atoms with Crippen LogP contribution in [0.3, 0.4) is 0 Å². The van der Waals surface area contributed by atoms with Crippen molar-refractivity contribution in [2.24, 2.45) is 0 Å². The predicted molar refractivity (Wildman–Crippen MR) is 178 cm³/mol. The molecule has 0 aliphatic rings. The van der Waals surface area contributed by atoms with Crippen LogP contribution in [-0.2, 0) is 0 Å². The zero-order chi connectivity index (χ0) is 29.2. The zero-order valence-electron chi connectivity index (χ0n) is 24.0. The van der Waals surface area contributed by atoms with E-state index in [2.05, 4.69) is 77.1 Å². The third kappa shape index (κ3) is 6.51. The smallest absolute Gasteiger partial charge is 0.0702 e. The average Bonchev–Trinajstić information content (AvgIpc) is 3.30. The highest BCUT2D eigenvalue weighted by atomic mass is 15.0. The summed E-state index contributed by atoms with van der Waals surface area (Å²) >= 11 is 0. The van der Waals surface area contributed by atoms with Crippen molar-refractivity contribution in [3.8, 4) is 22.5 Å². The first kappa shape index (κ1) is 28.8. The lowest BCUT2D eigenvalue weighted by Crippen LogP contribution is -1.99. The summed E-state index contributed by atoms with van der Waals surface area (Å²) in [4.78, 5) is 9.22. The quantitative estimate of drug-likeness (QED) is 0.159. The van der Waals surface area contributed by atoms with E-state index in [1.807, 2.05) is 86.9 Å². The second-order valence-electron chi connectivity index (χ2n) is 9.15. The lowest BCUT2D eigenvalue weighted by Gasteiger charge is -2.13. The largest absolute Gasteiger partial charge is 0.399 e. The molecule has 0 atom stereocenters. The van der Waals surface area contributed by atoms with Gasteiger partial charge in [0, 0.05) is 46.0 Å². The van der Waals surface area contributed by atoms with Gasteiger partial charge in [0.05, 0.1) is 16.9 Å². The van der Waals surface area contributed by atoms with E-state index in [9.17, 15) is 0 Å². The number of anilines is 1. The van der Waals surface area contributed by atoms with Crippen LogP contribution in [0.25, 0.3) is 51.3 Å². The Morgan fingerprint density at radius 1 is 0.805 bits per heavy atom. The van der Waals surface area contributed by atoms with Gasteiger partial charge in [0.15, 0.2) is 0 Å². The minimum Gasteiger partial charge on any atom is -0.399 e. The van der Waals surface area contributed by atoms with Crippen molar-refractivity contribution in [1.29, 1.82) is 0 Å². The van der Waals surface area contributed by atoms with Gasteiger partial charge >= 0.3 is 0 Å². The molecule has 0 bridgehead atoms. The summed E-state index contributed by atoms with van der Waals surface area (Å²) in [5, 5.41) is 1.10. The molecule has 3 heterocycles. The van der Waals surface area contributed by atoms with Gasteiger partial charge in [-0.05, 0) is 96.9 Å². The van der Waals surface area contributed by atoms with E-state index in [0.29, 0.717) is 0 Å². The van der Waals surface area contributed by atoms with Gasteiger partial charge in [0.25, 0.3) is 0 Å². The molecular weight excluding hydrogens is 500 g/mol. The molecule has 204 valence electrons. The van der Waals surface area contributed by atoms with Gasteiger partial charge in [0.2, 0.25) is 0 Å². The van der Waals surface area contributed by atoms with E-state index in [4.69, 9.17) is 5.73 Å². The normalized spacial score (nSPS) is 11.5. The lowest BCUT2D eigenvalue weighted by molar-refractivity contribution is 1.15. The molecule has 5 rings (SSSR count). The summed E-state index contributed by atoms with van der Waals surface area (Å²) in [6, 6.07) is 24.4. The Hall–Kier alpha value is -5.22. The summed E-state index contributed by atoms with van der Waals surface area (Å²) in [7, 11) is 0. The van der Waals surface area contributed by atoms with Crippen LogP contribution in [-0.4, -0.2) is 14.5 Å². The molecule has 5 aromatic rings. The monoisotopic (exact) mass is 536 g/mol. The highest BCUT2D eigenvalue weighted by molar-refractivity contribution is 5.96. The standard InChI is InChI=1S/C35H30N4.C2H6/c1-4-6-12-30(39-34(15-7-5-2)25(3)31-24-29(36)16-17-35(31)39)22-26-20-27(32-13-8-10-18-37-32)23-28(21-26)33-14-9-11-19-38-33;1-2/h4-24H,1-2,36H2,3H3;1-2H3/b12-6-,15-7-,30-22?;. The summed E-state index contributed by atoms with van der Waals surface area (Å²) in [5.41, 5.74) is 16.0. The molecule has 2 N–H and O–H groups in total. The maximum absolute atomic E-state index is 6.18. The molecular formula is C37H36N4. The third-order valence-electron chi connectivity index (χ3n) is 6.53. The number of benzene rings is 2. The maximum Gasteiger partial charge on any atom is 0.0702 e. The molecule has 0 amide bonds. The lowest BCUT2D eigenvalue weighted by atomic mass is 10.00. The number of nitrogen functional groups attached to an aromatic ring is 1. The second kappa shape index (κ2) is 13.7. The second-order valence-corrected chi connectivity index (χ2v) is 9.15. The molecule has 41 heavy (non-hydrogen) atoms. The van der Waals surface area contributed by atoms with Crippen molar-refractivity contribution < 1.29 is 0 Å². The molecule has 2 aromatic carbocycles. The SMILES string of the molecule is C=C/C=C\C(=Cc1cc(-c2ccccn2)cc(-c2ccccn2)c1)n1c(/C=C\C=C)c(C)c2cc(N)ccc21.CC. The fourth-order valence-electron chi connectivity index (χ4n) is 4.74. The van der Waals surface area contributed by atoms with Crippen molar-refractivity contribution in [3.63, 3.8) is 0 Å². The van der Waals surface area contributed by atoms with Crippen LogP contribution in [0.4, 0.5) is 5.69 Å². The van der Waals surface area contributed by atoms with Crippen molar-refractivity contribution in [2.75, 3.05) is 5.73 Å². The Morgan fingerprint density at radius 3 is 2.00 bits per heavy atom. The molecule has 0 fully saturated rings. The number of nitrogens with two attached hydrogens (primary N) is 1. The summed E-state index contributed by atoms with van der Waals surface area (Å²) in [5.74, 6) is 0. The molecule has 0 aliphatic carbocycles. The van der Waals surface area contributed by atoms with Crippen LogP contribution in [0.1, 0.15) is 30.7 Å². The van der Waals surface area contributed by atoms with Gasteiger partial charge in [-0.2, -0.15) is 0 Å². The number of aromatic nitrogens is 3. The Morgan fingerprint density at radius 2 is 1.44 bits per heavy atom. The number of fused-ring (bicyclic) bond motifs is 1. The number of rotatable bonds is 8. The van der Waals surface area contributed by atoms with Crippen molar-refractivity contribution in [1.82, 2.24) is 14.5 Å². The number of pyridine rings is 2. The van der Waals surface area contributed by atoms with Crippen LogP contribution in [0.5, 0.6) is 0 Å². The van der Waals surface area contributed by atoms with Gasteiger partial charge in [-0.25, -0.2) is 0 Å². The molecule has 0 spiro atoms. The van der Waals surface area contributed by atoms with Crippen LogP contribution in [0, 0.1) is 6.92 Å². The van der Waals surface area contributed by atoms with Gasteiger partial charge in [-0.3, -0.25) is 9.97 Å². The Balaban J connectivity index is 0.00000189. The molecule has 3 aromatic heterocycles. The van der Waals surface area contributed by atoms with E-state index >= 15 is 0 Å². The number of hydrogen-bond acceptors (Lipinski definition) is 3. The summed E-state index contributed by atoms with van der Waals surface area (Å²) < 4.78 is 2.25. The fourth-order valence-corrected chi connectivity index (χ4v) is 4.74. The molecule has 0 saturated carbocycles. The van der Waals surface area contributed by atoms with Crippen molar-refractivity contribution in [3.05, 3.63) is 146 Å². The van der Waals surface area contributed by atoms with Gasteiger partial charge < -0.3 is 10.3 Å². The molecule has 0 radical (unpaired) electrons. The third-order valence-corrected chi connectivity index (χ3v) is 6.53. The highest BCUT2D eigenvalue weighted by Crippen LogP contribution is 2.34. The molecule has 4 nitrogen and oxygen atoms in total. The number of hydrogen-bond donors (Lipinski definition) is 1. The minimum atomic E-state index is 0.734. The first-order chi connectivity index (χ1) is 20.1. The van der Waals surface area contributed by atoms with Gasteiger partial charge in [0.1, 0.15) is 0 Å². The van der Waals surface area contributed by atoms with Crippen LogP contribution < -0.4 is 5.73 Å². The number of allylic oxidation sites excluding steroid dienone is 6. The molecule has 0 unspecified atom stereocenters. The first-order valence-corrected chi connectivity index (χ1v) is 13.8. The maximum atomic E-state index is 6.18. The topological polar surface area (TPSA) is 56.7 Å². The number of aryl methyl sites for hydroxylation is 1. The van der Waals surface area contributed by atoms with E-state index in [0.717, 1.165) is 61.6 Å². The molecule has 0 saturated heterocycles. The fraction of sp³-hybridized carbons (Fsp3) is 0.0811. The highest BCUT2D eigenvalue weighted by Gasteiger charge is 2.15. The first-order valence-electron chi connectivity index (χ1n) is 13.8. The van der Waals surface area contributed by atoms with E-state index < -0.39 is 0 Å². The van der Waals surface area contributed by atoms with Crippen LogP contribution >= 0.6 is 0 Å². The summed E-state index contributed by atoms with van der Waals surface area (Å²) in [6.45, 7) is 13.9. The average molecular weight is 537 g/mol. The van der Waals surface area contributed by atoms with E-state index in [1.54, 1.807) is 12.2 Å². The van der Waals surface area contributed by atoms with Crippen molar-refractivity contribution in [2.45, 2.75) is 20.8 Å². The van der Waals surface area contributed by atoms with Crippen LogP contribution in [0.2, 0.25) is 0 Å². The zero-order valence-corrected chi connectivity index (χ0v) is 24.0. The Labute approximate surface area is 243 Å². The van der Waals surface area contributed by atoms with E-state index in [1.165, 1.54) is 0 Å².